The van der Waals surface area contributed by atoms with Crippen LogP contribution in [0.3, 0.4) is 0 Å². The zero-order chi connectivity index (χ0) is 27.1. The van der Waals surface area contributed by atoms with E-state index in [1.165, 1.54) is 0 Å². The Morgan fingerprint density at radius 2 is 1.03 bits per heavy atom. The number of benzene rings is 2. The van der Waals surface area contributed by atoms with Crippen LogP contribution in [0.25, 0.3) is 0 Å². The second-order valence-electron chi connectivity index (χ2n) is 10.6. The highest BCUT2D eigenvalue weighted by atomic mass is 16.3. The molecule has 0 saturated heterocycles. The zero-order valence-electron chi connectivity index (χ0n) is 22.8. The van der Waals surface area contributed by atoms with Crippen LogP contribution in [-0.4, -0.2) is 45.3 Å². The van der Waals surface area contributed by atoms with Crippen LogP contribution in [0.2, 0.25) is 0 Å². The third kappa shape index (κ3) is 6.60. The summed E-state index contributed by atoms with van der Waals surface area (Å²) in [7, 11) is 0. The molecule has 0 radical (unpaired) electrons. The largest absolute Gasteiger partial charge is 0.388 e. The van der Waals surface area contributed by atoms with Crippen LogP contribution in [0.1, 0.15) is 77.3 Å². The maximum Gasteiger partial charge on any atom is 0.236 e. The van der Waals surface area contributed by atoms with Crippen LogP contribution in [0.5, 0.6) is 0 Å². The second kappa shape index (κ2) is 12.2. The Hall–Kier alpha value is -2.70. The summed E-state index contributed by atoms with van der Waals surface area (Å²) in [5, 5.41) is 28.8. The molecule has 6 heteroatoms. The predicted molar refractivity (Wildman–Crippen MR) is 147 cm³/mol. The highest BCUT2D eigenvalue weighted by Crippen LogP contribution is 2.47. The molecule has 0 heterocycles. The Morgan fingerprint density at radius 1 is 0.703 bits per heavy atom. The molecule has 37 heavy (non-hydrogen) atoms. The molecule has 0 unspecified atom stereocenters. The number of hydrogen-bond donors (Lipinski definition) is 4. The summed E-state index contributed by atoms with van der Waals surface area (Å²) >= 11 is 0. The van der Waals surface area contributed by atoms with Gasteiger partial charge in [0.15, 0.2) is 0 Å². The third-order valence-electron chi connectivity index (χ3n) is 8.54. The van der Waals surface area contributed by atoms with E-state index in [1.807, 2.05) is 88.4 Å². The molecule has 1 saturated carbocycles. The number of carbonyl (C=O) groups excluding carboxylic acids is 2. The standard InChI is InChI=1S/C31H44N2O4/c1-5-30(36,6-2)25(21-23-15-11-9-12-16-23)32-27(34)29(19-20-29)28(35)33-26(31(37,7-3)8-4)22-24-17-13-10-14-18-24/h9-18,25-26,36-37H,5-8,19-22H2,1-4H3,(H,32,34)(H,33,35)/t25-,26-/m1/s1. The van der Waals surface area contributed by atoms with Gasteiger partial charge < -0.3 is 20.8 Å². The van der Waals surface area contributed by atoms with Gasteiger partial charge in [0, 0.05) is 0 Å². The minimum atomic E-state index is -1.17. The highest BCUT2D eigenvalue weighted by Gasteiger charge is 2.58. The van der Waals surface area contributed by atoms with E-state index in [2.05, 4.69) is 10.6 Å². The predicted octanol–water partition coefficient (Wildman–Crippen LogP) is 4.32. The first-order valence-corrected chi connectivity index (χ1v) is 13.8. The number of carbonyl (C=O) groups is 2. The molecule has 4 N–H and O–H groups in total. The van der Waals surface area contributed by atoms with Crippen LogP contribution in [0.15, 0.2) is 60.7 Å². The van der Waals surface area contributed by atoms with Crippen molar-refractivity contribution >= 4 is 11.8 Å². The molecule has 2 aromatic rings. The minimum Gasteiger partial charge on any atom is -0.388 e. The monoisotopic (exact) mass is 508 g/mol. The van der Waals surface area contributed by atoms with E-state index >= 15 is 0 Å². The quantitative estimate of drug-likeness (QED) is 0.286. The average molecular weight is 509 g/mol. The van der Waals surface area contributed by atoms with Crippen molar-refractivity contribution in [2.75, 3.05) is 0 Å². The average Bonchev–Trinajstić information content (AvgIpc) is 3.75. The van der Waals surface area contributed by atoms with Gasteiger partial charge in [-0.25, -0.2) is 0 Å². The van der Waals surface area contributed by atoms with E-state index in [9.17, 15) is 19.8 Å². The molecule has 2 amide bonds. The summed E-state index contributed by atoms with van der Waals surface area (Å²) in [6, 6.07) is 18.5. The smallest absolute Gasteiger partial charge is 0.236 e. The molecule has 0 aromatic heterocycles. The molecule has 3 rings (SSSR count). The van der Waals surface area contributed by atoms with Crippen molar-refractivity contribution in [3.8, 4) is 0 Å². The van der Waals surface area contributed by atoms with E-state index in [-0.39, 0.29) is 11.8 Å². The van der Waals surface area contributed by atoms with E-state index in [1.54, 1.807) is 0 Å². The van der Waals surface area contributed by atoms with Gasteiger partial charge in [0.25, 0.3) is 0 Å². The Balaban J connectivity index is 1.80. The Bertz CT molecular complexity index is 933. The number of rotatable bonds is 14. The van der Waals surface area contributed by atoms with Gasteiger partial charge in [0.05, 0.1) is 23.3 Å². The van der Waals surface area contributed by atoms with Crippen LogP contribution < -0.4 is 10.6 Å². The highest BCUT2D eigenvalue weighted by molar-refractivity contribution is 6.08. The summed E-state index contributed by atoms with van der Waals surface area (Å²) < 4.78 is 0. The first kappa shape index (κ1) is 28.9. The molecule has 1 fully saturated rings. The molecule has 6 nitrogen and oxygen atoms in total. The van der Waals surface area contributed by atoms with E-state index in [4.69, 9.17) is 0 Å². The normalized spacial score (nSPS) is 16.5. The van der Waals surface area contributed by atoms with Crippen LogP contribution in [0.4, 0.5) is 0 Å². The molecular formula is C31H44N2O4. The molecule has 2 atom stereocenters. The summed E-state index contributed by atoms with van der Waals surface area (Å²) in [5.74, 6) is -0.692. The Morgan fingerprint density at radius 3 is 1.30 bits per heavy atom. The van der Waals surface area contributed by atoms with E-state index < -0.39 is 28.7 Å². The van der Waals surface area contributed by atoms with Crippen LogP contribution in [-0.2, 0) is 22.4 Å². The van der Waals surface area contributed by atoms with Crippen molar-refractivity contribution in [2.24, 2.45) is 5.41 Å². The fourth-order valence-electron chi connectivity index (χ4n) is 5.21. The van der Waals surface area contributed by atoms with Crippen molar-refractivity contribution in [3.63, 3.8) is 0 Å². The lowest BCUT2D eigenvalue weighted by molar-refractivity contribution is -0.141. The maximum atomic E-state index is 13.6. The second-order valence-corrected chi connectivity index (χ2v) is 10.6. The maximum absolute atomic E-state index is 13.6. The van der Waals surface area contributed by atoms with Crippen molar-refractivity contribution in [1.82, 2.24) is 10.6 Å². The van der Waals surface area contributed by atoms with E-state index in [0.717, 1.165) is 11.1 Å². The molecule has 0 aliphatic heterocycles. The van der Waals surface area contributed by atoms with Gasteiger partial charge in [-0.2, -0.15) is 0 Å². The summed E-state index contributed by atoms with van der Waals surface area (Å²) in [6.45, 7) is 7.66. The molecule has 0 bridgehead atoms. The fraction of sp³-hybridized carbons (Fsp3) is 0.548. The lowest BCUT2D eigenvalue weighted by Crippen LogP contribution is -2.59. The van der Waals surface area contributed by atoms with Crippen molar-refractivity contribution in [1.29, 1.82) is 0 Å². The van der Waals surface area contributed by atoms with Gasteiger partial charge in [-0.1, -0.05) is 88.4 Å². The van der Waals surface area contributed by atoms with Crippen molar-refractivity contribution in [2.45, 2.75) is 102 Å². The zero-order valence-corrected chi connectivity index (χ0v) is 22.8. The molecule has 0 spiro atoms. The van der Waals surface area contributed by atoms with Gasteiger partial charge >= 0.3 is 0 Å². The Labute approximate surface area is 221 Å². The first-order valence-electron chi connectivity index (χ1n) is 13.8. The molecular weight excluding hydrogens is 464 g/mol. The summed E-state index contributed by atoms with van der Waals surface area (Å²) in [5.41, 5.74) is -1.31. The Kier molecular flexibility index (Phi) is 9.54. The number of nitrogens with one attached hydrogen (secondary N) is 2. The third-order valence-corrected chi connectivity index (χ3v) is 8.54. The lowest BCUT2D eigenvalue weighted by atomic mass is 9.83. The van der Waals surface area contributed by atoms with Gasteiger partial charge in [-0.3, -0.25) is 9.59 Å². The molecule has 202 valence electrons. The molecule has 2 aromatic carbocycles. The first-order chi connectivity index (χ1) is 17.7. The van der Waals surface area contributed by atoms with Crippen LogP contribution >= 0.6 is 0 Å². The number of amides is 2. The van der Waals surface area contributed by atoms with Gasteiger partial charge in [-0.15, -0.1) is 0 Å². The minimum absolute atomic E-state index is 0.346. The molecule has 1 aliphatic rings. The number of hydrogen-bond acceptors (Lipinski definition) is 4. The SMILES string of the molecule is CCC(O)(CC)[C@@H](Cc1ccccc1)NC(=O)C1(C(=O)N[C@H](Cc2ccccc2)C(O)(CC)CC)CC1. The van der Waals surface area contributed by atoms with Crippen molar-refractivity contribution < 1.29 is 19.8 Å². The van der Waals surface area contributed by atoms with Gasteiger partial charge in [0.2, 0.25) is 11.8 Å². The van der Waals surface area contributed by atoms with Gasteiger partial charge in [0.1, 0.15) is 5.41 Å². The van der Waals surface area contributed by atoms with Gasteiger partial charge in [-0.05, 0) is 62.5 Å². The molecule has 1 aliphatic carbocycles. The fourth-order valence-corrected chi connectivity index (χ4v) is 5.21. The van der Waals surface area contributed by atoms with E-state index in [0.29, 0.717) is 51.4 Å². The van der Waals surface area contributed by atoms with Crippen LogP contribution in [0, 0.1) is 5.41 Å². The number of aliphatic hydroxyl groups is 2. The lowest BCUT2D eigenvalue weighted by Gasteiger charge is -2.38. The summed E-state index contributed by atoms with van der Waals surface area (Å²) in [6.07, 6.45) is 3.80. The van der Waals surface area contributed by atoms with Crippen molar-refractivity contribution in [3.05, 3.63) is 71.8 Å². The summed E-state index contributed by atoms with van der Waals surface area (Å²) in [4.78, 5) is 27.3. The topological polar surface area (TPSA) is 98.7 Å².